The summed E-state index contributed by atoms with van der Waals surface area (Å²) in [5, 5.41) is 40.3. The average molecular weight is 921 g/mol. The molecule has 0 saturated carbocycles. The summed E-state index contributed by atoms with van der Waals surface area (Å²) in [6.07, 6.45) is 60.9. The van der Waals surface area contributed by atoms with Crippen molar-refractivity contribution >= 4 is 5.97 Å². The van der Waals surface area contributed by atoms with E-state index in [4.69, 9.17) is 18.9 Å². The monoisotopic (exact) mass is 921 g/mol. The van der Waals surface area contributed by atoms with Crippen molar-refractivity contribution in [2.75, 3.05) is 26.4 Å². The van der Waals surface area contributed by atoms with Crippen LogP contribution in [0.5, 0.6) is 0 Å². The Bertz CT molecular complexity index is 1420. The zero-order valence-corrected chi connectivity index (χ0v) is 41.1. The number of esters is 1. The van der Waals surface area contributed by atoms with Gasteiger partial charge in [0.1, 0.15) is 30.5 Å². The first-order valence-corrected chi connectivity index (χ1v) is 25.6. The highest BCUT2D eigenvalue weighted by Gasteiger charge is 2.44. The van der Waals surface area contributed by atoms with E-state index in [9.17, 15) is 25.2 Å². The van der Waals surface area contributed by atoms with E-state index in [0.29, 0.717) is 13.0 Å². The lowest BCUT2D eigenvalue weighted by molar-refractivity contribution is -0.305. The van der Waals surface area contributed by atoms with Crippen LogP contribution in [0.3, 0.4) is 0 Å². The summed E-state index contributed by atoms with van der Waals surface area (Å²) >= 11 is 0. The average Bonchev–Trinajstić information content (AvgIpc) is 3.32. The quantitative estimate of drug-likeness (QED) is 0.0268. The van der Waals surface area contributed by atoms with E-state index in [1.165, 1.54) is 38.5 Å². The van der Waals surface area contributed by atoms with Crippen molar-refractivity contribution < 1.29 is 44.2 Å². The highest BCUT2D eigenvalue weighted by Crippen LogP contribution is 2.22. The van der Waals surface area contributed by atoms with E-state index >= 15 is 0 Å². The molecule has 0 amide bonds. The highest BCUT2D eigenvalue weighted by molar-refractivity contribution is 5.69. The smallest absolute Gasteiger partial charge is 0.306 e. The molecule has 6 atom stereocenters. The molecule has 66 heavy (non-hydrogen) atoms. The van der Waals surface area contributed by atoms with Gasteiger partial charge in [0.2, 0.25) is 0 Å². The molecule has 9 heteroatoms. The molecule has 0 radical (unpaired) electrons. The summed E-state index contributed by atoms with van der Waals surface area (Å²) in [6.45, 7) is 4.24. The minimum Gasteiger partial charge on any atom is -0.457 e. The molecule has 1 heterocycles. The van der Waals surface area contributed by atoms with Crippen LogP contribution in [0.2, 0.25) is 0 Å². The number of ether oxygens (including phenoxy) is 4. The number of aliphatic hydroxyl groups excluding tert-OH is 4. The van der Waals surface area contributed by atoms with Crippen LogP contribution in [0.15, 0.2) is 122 Å². The Balaban J connectivity index is 2.27. The number of rotatable bonds is 42. The molecule has 0 aromatic heterocycles. The zero-order valence-electron chi connectivity index (χ0n) is 41.1. The number of hydrogen-bond acceptors (Lipinski definition) is 9. The number of unbranched alkanes of at least 4 members (excludes halogenated alkanes) is 11. The summed E-state index contributed by atoms with van der Waals surface area (Å²) in [5.74, 6) is -0.362. The lowest BCUT2D eigenvalue weighted by Gasteiger charge is -2.39. The highest BCUT2D eigenvalue weighted by atomic mass is 16.7. The third kappa shape index (κ3) is 36.7. The van der Waals surface area contributed by atoms with Gasteiger partial charge in [0.25, 0.3) is 0 Å². The minimum atomic E-state index is -1.55. The van der Waals surface area contributed by atoms with Crippen molar-refractivity contribution in [1.82, 2.24) is 0 Å². The predicted octanol–water partition coefficient (Wildman–Crippen LogP) is 12.7. The van der Waals surface area contributed by atoms with Gasteiger partial charge in [-0.05, 0) is 103 Å². The van der Waals surface area contributed by atoms with Crippen LogP contribution >= 0.6 is 0 Å². The maximum atomic E-state index is 12.8. The molecule has 0 aliphatic carbocycles. The SMILES string of the molecule is CC/C=C\C/C=C\C/C=C\C/C=C\C/C=C\C/C=C\CCCCC(=O)OC(COCCCCCCCCCCC/C=C\C/C=C\C/C=C\C/C=C\CC)COC1OC(CO)C(O)C(O)C1O. The van der Waals surface area contributed by atoms with Gasteiger partial charge in [-0.25, -0.2) is 0 Å². The van der Waals surface area contributed by atoms with Gasteiger partial charge in [0, 0.05) is 13.0 Å². The van der Waals surface area contributed by atoms with Crippen LogP contribution < -0.4 is 0 Å². The first-order valence-electron chi connectivity index (χ1n) is 25.6. The van der Waals surface area contributed by atoms with Gasteiger partial charge >= 0.3 is 5.97 Å². The Morgan fingerprint density at radius 1 is 0.485 bits per heavy atom. The number of allylic oxidation sites excluding steroid dienone is 20. The fourth-order valence-electron chi connectivity index (χ4n) is 6.96. The molecule has 9 nitrogen and oxygen atoms in total. The van der Waals surface area contributed by atoms with Gasteiger partial charge in [-0.1, -0.05) is 180 Å². The summed E-state index contributed by atoms with van der Waals surface area (Å²) in [4.78, 5) is 12.8. The van der Waals surface area contributed by atoms with Crippen molar-refractivity contribution in [3.8, 4) is 0 Å². The predicted molar refractivity (Wildman–Crippen MR) is 274 cm³/mol. The molecular weight excluding hydrogens is 829 g/mol. The molecule has 0 spiro atoms. The normalized spacial score (nSPS) is 20.4. The van der Waals surface area contributed by atoms with Crippen LogP contribution in [-0.4, -0.2) is 89.6 Å². The van der Waals surface area contributed by atoms with Gasteiger partial charge in [0.05, 0.1) is 19.8 Å². The molecule has 1 fully saturated rings. The fraction of sp³-hybridized carbons (Fsp3) is 0.632. The van der Waals surface area contributed by atoms with Crippen molar-refractivity contribution in [3.63, 3.8) is 0 Å². The van der Waals surface area contributed by atoms with E-state index in [1.54, 1.807) is 0 Å². The number of carbonyl (C=O) groups is 1. The van der Waals surface area contributed by atoms with Crippen LogP contribution in [0.25, 0.3) is 0 Å². The Labute approximate surface area is 401 Å². The molecule has 1 aliphatic rings. The second kappa shape index (κ2) is 46.7. The summed E-state index contributed by atoms with van der Waals surface area (Å²) in [7, 11) is 0. The van der Waals surface area contributed by atoms with Crippen molar-refractivity contribution in [2.45, 2.75) is 205 Å². The van der Waals surface area contributed by atoms with Crippen LogP contribution in [0.4, 0.5) is 0 Å². The lowest BCUT2D eigenvalue weighted by Crippen LogP contribution is -2.59. The number of carbonyl (C=O) groups excluding carboxylic acids is 1. The van der Waals surface area contributed by atoms with Gasteiger partial charge in [-0.15, -0.1) is 0 Å². The molecule has 0 bridgehead atoms. The summed E-state index contributed by atoms with van der Waals surface area (Å²) in [5.41, 5.74) is 0. The molecule has 374 valence electrons. The van der Waals surface area contributed by atoms with Crippen molar-refractivity contribution in [1.29, 1.82) is 0 Å². The molecule has 1 aliphatic heterocycles. The number of aliphatic hydroxyl groups is 4. The first-order chi connectivity index (χ1) is 32.4. The van der Waals surface area contributed by atoms with Gasteiger partial charge in [-0.2, -0.15) is 0 Å². The molecule has 6 unspecified atom stereocenters. The van der Waals surface area contributed by atoms with Crippen molar-refractivity contribution in [3.05, 3.63) is 122 Å². The number of hydrogen-bond donors (Lipinski definition) is 4. The Morgan fingerprint density at radius 3 is 1.32 bits per heavy atom. The molecule has 0 aromatic carbocycles. The minimum absolute atomic E-state index is 0.114. The molecule has 1 rings (SSSR count). The standard InChI is InChI=1S/C57H92O9/c1-3-5-7-9-11-13-15-17-19-21-23-25-27-29-31-33-35-37-39-41-43-45-47-63-49-51(50-64-57-56(62)55(61)54(60)52(48-58)66-57)65-53(59)46-44-42-40-38-36-34-32-30-28-26-24-22-20-18-16-14-12-10-8-6-4-2/h5-8,11-14,17-20,23-26,30,32,36,38,51-52,54-58,60-62H,3-4,9-10,15-16,21-22,27-29,31,33-35,37,39-50H2,1-2H3/b7-5-,8-6-,13-11-,14-12-,19-17-,20-18-,25-23-,26-24-,32-30-,38-36-. The van der Waals surface area contributed by atoms with Crippen LogP contribution in [0.1, 0.15) is 168 Å². The van der Waals surface area contributed by atoms with E-state index in [0.717, 1.165) is 103 Å². The maximum Gasteiger partial charge on any atom is 0.306 e. The zero-order chi connectivity index (χ0) is 47.8. The second-order valence-electron chi connectivity index (χ2n) is 16.8. The van der Waals surface area contributed by atoms with E-state index in [2.05, 4.69) is 135 Å². The Hall–Kier alpha value is -3.41. The molecule has 0 aromatic rings. The molecule has 1 saturated heterocycles. The van der Waals surface area contributed by atoms with Crippen molar-refractivity contribution in [2.24, 2.45) is 0 Å². The van der Waals surface area contributed by atoms with E-state index in [-0.39, 0.29) is 25.6 Å². The van der Waals surface area contributed by atoms with Gasteiger partial charge < -0.3 is 39.4 Å². The Kier molecular flexibility index (Phi) is 42.9. The summed E-state index contributed by atoms with van der Waals surface area (Å²) < 4.78 is 22.8. The largest absolute Gasteiger partial charge is 0.457 e. The summed E-state index contributed by atoms with van der Waals surface area (Å²) in [6, 6.07) is 0. The lowest BCUT2D eigenvalue weighted by atomic mass is 9.99. The van der Waals surface area contributed by atoms with Crippen LogP contribution in [0, 0.1) is 0 Å². The van der Waals surface area contributed by atoms with Gasteiger partial charge in [-0.3, -0.25) is 4.79 Å². The molecular formula is C57H92O9. The molecule has 4 N–H and O–H groups in total. The maximum absolute atomic E-state index is 12.8. The third-order valence-electron chi connectivity index (χ3n) is 10.9. The van der Waals surface area contributed by atoms with E-state index in [1.807, 2.05) is 0 Å². The Morgan fingerprint density at radius 2 is 0.879 bits per heavy atom. The van der Waals surface area contributed by atoms with Gasteiger partial charge in [0.15, 0.2) is 6.29 Å². The second-order valence-corrected chi connectivity index (χ2v) is 16.8. The third-order valence-corrected chi connectivity index (χ3v) is 10.9. The fourth-order valence-corrected chi connectivity index (χ4v) is 6.96. The first kappa shape index (κ1) is 60.6. The van der Waals surface area contributed by atoms with Crippen LogP contribution in [-0.2, 0) is 23.7 Å². The topological polar surface area (TPSA) is 135 Å². The van der Waals surface area contributed by atoms with E-state index < -0.39 is 43.4 Å².